The maximum absolute atomic E-state index is 10.4. The van der Waals surface area contributed by atoms with Crippen LogP contribution in [0.5, 0.6) is 0 Å². The highest BCUT2D eigenvalue weighted by atomic mass is 79.9. The molecule has 0 radical (unpaired) electrons. The van der Waals surface area contributed by atoms with Crippen LogP contribution >= 0.6 is 15.9 Å². The first kappa shape index (κ1) is 12.1. The van der Waals surface area contributed by atoms with Gasteiger partial charge in [0.25, 0.3) is 5.69 Å². The molecule has 0 aliphatic carbocycles. The Morgan fingerprint density at radius 3 is 2.87 bits per heavy atom. The summed E-state index contributed by atoms with van der Waals surface area (Å²) in [6.07, 6.45) is 1.95. The van der Waals surface area contributed by atoms with E-state index in [1.54, 1.807) is 13.2 Å². The molecule has 0 aliphatic heterocycles. The number of halogens is 1. The van der Waals surface area contributed by atoms with Crippen molar-refractivity contribution in [3.8, 4) is 0 Å². The first-order chi connectivity index (χ1) is 7.13. The lowest BCUT2D eigenvalue weighted by Gasteiger charge is -2.06. The standard InChI is InChI=1S/C9H11BrN2O3/c1-15-6-7(10)4-8-2-3-9(5-11-8)12(13)14/h2-3,5,7H,4,6H2,1H3. The van der Waals surface area contributed by atoms with Crippen LogP contribution in [0.25, 0.3) is 0 Å². The van der Waals surface area contributed by atoms with Gasteiger partial charge in [0.1, 0.15) is 6.20 Å². The predicted octanol–water partition coefficient (Wildman–Crippen LogP) is 1.94. The Kier molecular flexibility index (Phi) is 4.64. The fourth-order valence-corrected chi connectivity index (χ4v) is 1.71. The van der Waals surface area contributed by atoms with Gasteiger partial charge in [-0.05, 0) is 6.07 Å². The van der Waals surface area contributed by atoms with E-state index in [9.17, 15) is 10.1 Å². The maximum atomic E-state index is 10.4. The number of aromatic nitrogens is 1. The lowest BCUT2D eigenvalue weighted by atomic mass is 10.2. The van der Waals surface area contributed by atoms with Crippen molar-refractivity contribution in [2.45, 2.75) is 11.2 Å². The highest BCUT2D eigenvalue weighted by Gasteiger charge is 2.09. The van der Waals surface area contributed by atoms with Crippen LogP contribution in [0, 0.1) is 10.1 Å². The molecule has 5 nitrogen and oxygen atoms in total. The summed E-state index contributed by atoms with van der Waals surface area (Å²) in [6.45, 7) is 0.582. The van der Waals surface area contributed by atoms with Crippen molar-refractivity contribution < 1.29 is 9.66 Å². The normalized spacial score (nSPS) is 12.4. The minimum atomic E-state index is -0.461. The number of hydrogen-bond acceptors (Lipinski definition) is 4. The number of nitro groups is 1. The van der Waals surface area contributed by atoms with Gasteiger partial charge in [0.2, 0.25) is 0 Å². The molecule has 6 heteroatoms. The summed E-state index contributed by atoms with van der Waals surface area (Å²) in [5.74, 6) is 0. The van der Waals surface area contributed by atoms with E-state index in [-0.39, 0.29) is 10.5 Å². The number of rotatable bonds is 5. The second kappa shape index (κ2) is 5.77. The van der Waals surface area contributed by atoms with Gasteiger partial charge >= 0.3 is 0 Å². The van der Waals surface area contributed by atoms with Crippen molar-refractivity contribution >= 4 is 21.6 Å². The monoisotopic (exact) mass is 274 g/mol. The van der Waals surface area contributed by atoms with Gasteiger partial charge in [-0.2, -0.15) is 0 Å². The van der Waals surface area contributed by atoms with Crippen molar-refractivity contribution in [3.63, 3.8) is 0 Å². The lowest BCUT2D eigenvalue weighted by molar-refractivity contribution is -0.385. The van der Waals surface area contributed by atoms with Gasteiger partial charge in [0.05, 0.1) is 11.5 Å². The van der Waals surface area contributed by atoms with Gasteiger partial charge in [-0.1, -0.05) is 15.9 Å². The molecule has 1 atom stereocenters. The molecule has 0 fully saturated rings. The quantitative estimate of drug-likeness (QED) is 0.468. The van der Waals surface area contributed by atoms with Gasteiger partial charge in [-0.25, -0.2) is 0 Å². The van der Waals surface area contributed by atoms with Crippen molar-refractivity contribution in [1.82, 2.24) is 4.98 Å². The Hall–Kier alpha value is -1.01. The summed E-state index contributed by atoms with van der Waals surface area (Å²) in [5.41, 5.74) is 0.816. The highest BCUT2D eigenvalue weighted by molar-refractivity contribution is 9.09. The van der Waals surface area contributed by atoms with Crippen LogP contribution < -0.4 is 0 Å². The predicted molar refractivity (Wildman–Crippen MR) is 59.2 cm³/mol. The van der Waals surface area contributed by atoms with Gasteiger partial charge in [-0.15, -0.1) is 0 Å². The molecule has 0 bridgehead atoms. The van der Waals surface area contributed by atoms with Crippen LogP contribution in [-0.4, -0.2) is 28.5 Å². The molecule has 0 saturated heterocycles. The number of hydrogen-bond donors (Lipinski definition) is 0. The molecule has 0 saturated carbocycles. The number of alkyl halides is 1. The van der Waals surface area contributed by atoms with Gasteiger partial charge in [-0.3, -0.25) is 15.1 Å². The zero-order valence-corrected chi connectivity index (χ0v) is 9.81. The minimum Gasteiger partial charge on any atom is -0.384 e. The molecule has 1 heterocycles. The Balaban J connectivity index is 2.60. The molecular formula is C9H11BrN2O3. The van der Waals surface area contributed by atoms with E-state index < -0.39 is 4.92 Å². The molecule has 0 spiro atoms. The van der Waals surface area contributed by atoms with Gasteiger partial charge < -0.3 is 4.74 Å². The van der Waals surface area contributed by atoms with E-state index >= 15 is 0 Å². The Morgan fingerprint density at radius 2 is 2.40 bits per heavy atom. The Morgan fingerprint density at radius 1 is 1.67 bits per heavy atom. The number of pyridine rings is 1. The molecule has 1 aromatic heterocycles. The average Bonchev–Trinajstić information content (AvgIpc) is 2.18. The van der Waals surface area contributed by atoms with E-state index in [4.69, 9.17) is 4.74 Å². The zero-order chi connectivity index (χ0) is 11.3. The van der Waals surface area contributed by atoms with E-state index in [1.807, 2.05) is 0 Å². The van der Waals surface area contributed by atoms with Crippen LogP contribution in [-0.2, 0) is 11.2 Å². The van der Waals surface area contributed by atoms with Crippen LogP contribution in [0.2, 0.25) is 0 Å². The third kappa shape index (κ3) is 3.93. The number of ether oxygens (including phenoxy) is 1. The minimum absolute atomic E-state index is 0.0108. The lowest BCUT2D eigenvalue weighted by Crippen LogP contribution is -2.10. The summed E-state index contributed by atoms with van der Waals surface area (Å²) in [6, 6.07) is 3.11. The van der Waals surface area contributed by atoms with Crippen LogP contribution in [0.3, 0.4) is 0 Å². The summed E-state index contributed by atoms with van der Waals surface area (Å²) in [4.78, 5) is 14.1. The zero-order valence-electron chi connectivity index (χ0n) is 8.22. The van der Waals surface area contributed by atoms with Crippen LogP contribution in [0.4, 0.5) is 5.69 Å². The molecule has 0 aliphatic rings. The molecule has 1 unspecified atom stereocenters. The topological polar surface area (TPSA) is 65.3 Å². The maximum Gasteiger partial charge on any atom is 0.287 e. The van der Waals surface area contributed by atoms with E-state index in [1.165, 1.54) is 12.3 Å². The summed E-state index contributed by atoms with van der Waals surface area (Å²) in [5, 5.41) is 10.4. The van der Waals surface area contributed by atoms with Gasteiger partial charge in [0.15, 0.2) is 0 Å². The molecule has 1 aromatic rings. The molecule has 1 rings (SSSR count). The van der Waals surface area contributed by atoms with Crippen LogP contribution in [0.1, 0.15) is 5.69 Å². The molecule has 0 aromatic carbocycles. The molecule has 82 valence electrons. The van der Waals surface area contributed by atoms with Gasteiger partial charge in [0, 0.05) is 30.1 Å². The summed E-state index contributed by atoms with van der Waals surface area (Å²) in [7, 11) is 1.62. The number of methoxy groups -OCH3 is 1. The second-order valence-electron chi connectivity index (χ2n) is 3.02. The van der Waals surface area contributed by atoms with E-state index in [0.717, 1.165) is 5.69 Å². The summed E-state index contributed by atoms with van der Waals surface area (Å²) < 4.78 is 4.95. The fourth-order valence-electron chi connectivity index (χ4n) is 1.11. The molecule has 15 heavy (non-hydrogen) atoms. The SMILES string of the molecule is COCC(Br)Cc1ccc([N+](=O)[O-])cn1. The molecule has 0 amide bonds. The molecule has 0 N–H and O–H groups in total. The van der Waals surface area contributed by atoms with E-state index in [2.05, 4.69) is 20.9 Å². The second-order valence-corrected chi connectivity index (χ2v) is 4.32. The van der Waals surface area contributed by atoms with E-state index in [0.29, 0.717) is 13.0 Å². The average molecular weight is 275 g/mol. The summed E-state index contributed by atoms with van der Waals surface area (Å²) >= 11 is 3.42. The van der Waals surface area contributed by atoms with Crippen molar-refractivity contribution in [2.75, 3.05) is 13.7 Å². The number of nitrogens with zero attached hydrogens (tertiary/aromatic N) is 2. The van der Waals surface area contributed by atoms with Crippen molar-refractivity contribution in [2.24, 2.45) is 0 Å². The van der Waals surface area contributed by atoms with Crippen LogP contribution in [0.15, 0.2) is 18.3 Å². The first-order valence-electron chi connectivity index (χ1n) is 4.36. The largest absolute Gasteiger partial charge is 0.384 e. The third-order valence-electron chi connectivity index (χ3n) is 1.80. The van der Waals surface area contributed by atoms with Crippen molar-refractivity contribution in [1.29, 1.82) is 0 Å². The Labute approximate surface area is 95.7 Å². The first-order valence-corrected chi connectivity index (χ1v) is 5.27. The third-order valence-corrected chi connectivity index (χ3v) is 2.39. The highest BCUT2D eigenvalue weighted by Crippen LogP contribution is 2.12. The van der Waals surface area contributed by atoms with Crippen molar-refractivity contribution in [3.05, 3.63) is 34.1 Å². The smallest absolute Gasteiger partial charge is 0.287 e. The molecular weight excluding hydrogens is 264 g/mol. The Bertz CT molecular complexity index is 329. The fraction of sp³-hybridized carbons (Fsp3) is 0.444.